The van der Waals surface area contributed by atoms with Gasteiger partial charge in [0.2, 0.25) is 0 Å². The maximum Gasteiger partial charge on any atom is 0.191 e. The van der Waals surface area contributed by atoms with Crippen molar-refractivity contribution in [2.45, 2.75) is 38.3 Å². The number of halogens is 1. The third kappa shape index (κ3) is 8.33. The molecule has 2 aliphatic rings. The average molecular weight is 536 g/mol. The van der Waals surface area contributed by atoms with E-state index in [0.29, 0.717) is 12.7 Å². The summed E-state index contributed by atoms with van der Waals surface area (Å²) in [5.41, 5.74) is 0. The van der Waals surface area contributed by atoms with Crippen LogP contribution in [0.2, 0.25) is 0 Å². The lowest BCUT2D eigenvalue weighted by Crippen LogP contribution is -2.46. The number of nitrogens with one attached hydrogen (secondary N) is 2. The summed E-state index contributed by atoms with van der Waals surface area (Å²) in [4.78, 5) is 6.75. The van der Waals surface area contributed by atoms with Crippen LogP contribution in [0.4, 0.5) is 0 Å². The van der Waals surface area contributed by atoms with Gasteiger partial charge in [0, 0.05) is 46.4 Å². The molecule has 0 bridgehead atoms. The number of aryl methyl sites for hydroxylation is 1. The van der Waals surface area contributed by atoms with Gasteiger partial charge in [-0.3, -0.25) is 9.89 Å². The number of hydrogen-bond donors (Lipinski definition) is 2. The summed E-state index contributed by atoms with van der Waals surface area (Å²) in [5.74, 6) is 2.71. The van der Waals surface area contributed by atoms with Gasteiger partial charge in [0.1, 0.15) is 11.5 Å². The number of furan rings is 1. The topological polar surface area (TPSA) is 80.5 Å². The van der Waals surface area contributed by atoms with Gasteiger partial charge < -0.3 is 29.3 Å². The molecule has 0 spiro atoms. The standard InChI is InChI=1S/C21H36N4O4.HI/c1-17-6-7-20(29-17)19(25-9-13-26-14-10-25)15-24-21(22-2)23-8-4-11-27-16-18-5-3-12-28-18;/h6-7,18-19H,3-5,8-16H2,1-2H3,(H2,22,23,24);1H. The molecule has 2 N–H and O–H groups in total. The minimum absolute atomic E-state index is 0. The van der Waals surface area contributed by atoms with Crippen LogP contribution in [0.15, 0.2) is 21.5 Å². The van der Waals surface area contributed by atoms with Crippen LogP contribution in [-0.4, -0.2) is 83.2 Å². The van der Waals surface area contributed by atoms with E-state index in [-0.39, 0.29) is 30.0 Å². The molecule has 0 amide bonds. The highest BCUT2D eigenvalue weighted by atomic mass is 127. The summed E-state index contributed by atoms with van der Waals surface area (Å²) in [7, 11) is 1.80. The highest BCUT2D eigenvalue weighted by Crippen LogP contribution is 2.23. The smallest absolute Gasteiger partial charge is 0.191 e. The van der Waals surface area contributed by atoms with E-state index in [1.165, 1.54) is 0 Å². The number of morpholine rings is 1. The Hall–Kier alpha value is -0.880. The molecule has 1 aromatic heterocycles. The fourth-order valence-electron chi connectivity index (χ4n) is 3.72. The van der Waals surface area contributed by atoms with Crippen LogP contribution in [0, 0.1) is 6.92 Å². The lowest BCUT2D eigenvalue weighted by Gasteiger charge is -2.33. The Morgan fingerprint density at radius 3 is 2.77 bits per heavy atom. The Kier molecular flexibility index (Phi) is 12.0. The highest BCUT2D eigenvalue weighted by molar-refractivity contribution is 14.0. The Labute approximate surface area is 197 Å². The fraction of sp³-hybridized carbons (Fsp3) is 0.762. The van der Waals surface area contributed by atoms with Crippen molar-refractivity contribution in [1.82, 2.24) is 15.5 Å². The Bertz CT molecular complexity index is 616. The molecule has 2 aliphatic heterocycles. The van der Waals surface area contributed by atoms with Crippen molar-refractivity contribution >= 4 is 29.9 Å². The molecule has 3 rings (SSSR count). The molecule has 0 aromatic carbocycles. The predicted molar refractivity (Wildman–Crippen MR) is 128 cm³/mol. The van der Waals surface area contributed by atoms with Crippen LogP contribution in [0.3, 0.4) is 0 Å². The molecule has 172 valence electrons. The van der Waals surface area contributed by atoms with E-state index in [2.05, 4.69) is 26.6 Å². The predicted octanol–water partition coefficient (Wildman–Crippen LogP) is 2.33. The van der Waals surface area contributed by atoms with E-state index < -0.39 is 0 Å². The first-order chi connectivity index (χ1) is 14.3. The zero-order valence-corrected chi connectivity index (χ0v) is 20.6. The normalized spacial score (nSPS) is 21.3. The van der Waals surface area contributed by atoms with E-state index in [1.54, 1.807) is 7.05 Å². The van der Waals surface area contributed by atoms with Gasteiger partial charge >= 0.3 is 0 Å². The molecule has 30 heavy (non-hydrogen) atoms. The summed E-state index contributed by atoms with van der Waals surface area (Å²) in [6.07, 6.45) is 3.49. The third-order valence-corrected chi connectivity index (χ3v) is 5.35. The van der Waals surface area contributed by atoms with Gasteiger partial charge in [0.05, 0.1) is 32.0 Å². The van der Waals surface area contributed by atoms with E-state index in [4.69, 9.17) is 18.6 Å². The van der Waals surface area contributed by atoms with Gasteiger partial charge in [-0.1, -0.05) is 0 Å². The van der Waals surface area contributed by atoms with Crippen molar-refractivity contribution in [3.05, 3.63) is 23.7 Å². The fourth-order valence-corrected chi connectivity index (χ4v) is 3.72. The van der Waals surface area contributed by atoms with Gasteiger partial charge in [-0.15, -0.1) is 24.0 Å². The minimum Gasteiger partial charge on any atom is -0.465 e. The van der Waals surface area contributed by atoms with Crippen molar-refractivity contribution < 1.29 is 18.6 Å². The molecular weight excluding hydrogens is 499 g/mol. The summed E-state index contributed by atoms with van der Waals surface area (Å²) in [5, 5.41) is 6.81. The first kappa shape index (κ1) is 25.4. The van der Waals surface area contributed by atoms with Crippen molar-refractivity contribution in [3.8, 4) is 0 Å². The molecule has 0 saturated carbocycles. The maximum atomic E-state index is 5.92. The monoisotopic (exact) mass is 536 g/mol. The molecule has 0 aliphatic carbocycles. The van der Waals surface area contributed by atoms with Crippen molar-refractivity contribution in [1.29, 1.82) is 0 Å². The second-order valence-corrected chi connectivity index (χ2v) is 7.56. The zero-order chi connectivity index (χ0) is 20.3. The molecule has 3 heterocycles. The Morgan fingerprint density at radius 2 is 2.10 bits per heavy atom. The minimum atomic E-state index is 0. The molecule has 0 radical (unpaired) electrons. The van der Waals surface area contributed by atoms with Gasteiger partial charge in [0.15, 0.2) is 5.96 Å². The SMILES string of the molecule is CN=C(NCCCOCC1CCCO1)NCC(c1ccc(C)o1)N1CCOCC1.I. The third-order valence-electron chi connectivity index (χ3n) is 5.35. The van der Waals surface area contributed by atoms with Crippen LogP contribution in [0.1, 0.15) is 36.8 Å². The summed E-state index contributed by atoms with van der Waals surface area (Å²) in [6.45, 7) is 9.15. The average Bonchev–Trinajstić information content (AvgIpc) is 3.42. The molecule has 2 saturated heterocycles. The molecule has 9 heteroatoms. The van der Waals surface area contributed by atoms with Gasteiger partial charge in [-0.2, -0.15) is 0 Å². The molecule has 1 aromatic rings. The van der Waals surface area contributed by atoms with Crippen LogP contribution < -0.4 is 10.6 Å². The molecule has 8 nitrogen and oxygen atoms in total. The molecule has 2 atom stereocenters. The van der Waals surface area contributed by atoms with E-state index in [9.17, 15) is 0 Å². The number of hydrogen-bond acceptors (Lipinski definition) is 6. The lowest BCUT2D eigenvalue weighted by molar-refractivity contribution is 0.0124. The second-order valence-electron chi connectivity index (χ2n) is 7.56. The first-order valence-corrected chi connectivity index (χ1v) is 10.8. The lowest BCUT2D eigenvalue weighted by atomic mass is 10.1. The zero-order valence-electron chi connectivity index (χ0n) is 18.2. The Morgan fingerprint density at radius 1 is 1.27 bits per heavy atom. The van der Waals surface area contributed by atoms with Crippen molar-refractivity contribution in [2.75, 3.05) is 66.3 Å². The largest absolute Gasteiger partial charge is 0.465 e. The number of aliphatic imine (C=N–C) groups is 1. The van der Waals surface area contributed by atoms with Crippen LogP contribution in [0.5, 0.6) is 0 Å². The summed E-state index contributed by atoms with van der Waals surface area (Å²) in [6, 6.07) is 4.24. The summed E-state index contributed by atoms with van der Waals surface area (Å²) >= 11 is 0. The highest BCUT2D eigenvalue weighted by Gasteiger charge is 2.25. The van der Waals surface area contributed by atoms with Gasteiger partial charge in [-0.25, -0.2) is 0 Å². The maximum absolute atomic E-state index is 5.92. The van der Waals surface area contributed by atoms with Crippen LogP contribution >= 0.6 is 24.0 Å². The van der Waals surface area contributed by atoms with Crippen LogP contribution in [0.25, 0.3) is 0 Å². The number of ether oxygens (including phenoxy) is 3. The number of guanidine groups is 1. The summed E-state index contributed by atoms with van der Waals surface area (Å²) < 4.78 is 22.7. The number of nitrogens with zero attached hydrogens (tertiary/aromatic N) is 2. The Balaban J connectivity index is 0.00000320. The van der Waals surface area contributed by atoms with E-state index in [1.807, 2.05) is 13.0 Å². The van der Waals surface area contributed by atoms with E-state index >= 15 is 0 Å². The van der Waals surface area contributed by atoms with Crippen LogP contribution in [-0.2, 0) is 14.2 Å². The van der Waals surface area contributed by atoms with Gasteiger partial charge in [-0.05, 0) is 38.3 Å². The first-order valence-electron chi connectivity index (χ1n) is 10.8. The van der Waals surface area contributed by atoms with Crippen molar-refractivity contribution in [3.63, 3.8) is 0 Å². The quantitative estimate of drug-likeness (QED) is 0.206. The second kappa shape index (κ2) is 14.2. The molecule has 2 unspecified atom stereocenters. The molecule has 2 fully saturated rings. The molecular formula is C21H37IN4O4. The van der Waals surface area contributed by atoms with Gasteiger partial charge in [0.25, 0.3) is 0 Å². The number of rotatable bonds is 10. The van der Waals surface area contributed by atoms with E-state index in [0.717, 1.165) is 89.3 Å². The van der Waals surface area contributed by atoms with Crippen molar-refractivity contribution in [2.24, 2.45) is 4.99 Å².